The lowest BCUT2D eigenvalue weighted by Gasteiger charge is -2.12. The van der Waals surface area contributed by atoms with Gasteiger partial charge in [-0.15, -0.1) is 0 Å². The van der Waals surface area contributed by atoms with Gasteiger partial charge in [0.15, 0.2) is 17.3 Å². The van der Waals surface area contributed by atoms with Crippen LogP contribution in [0.1, 0.15) is 41.9 Å². The Morgan fingerprint density at radius 3 is 2.69 bits per heavy atom. The summed E-state index contributed by atoms with van der Waals surface area (Å²) in [6.45, 7) is 3.82. The van der Waals surface area contributed by atoms with E-state index < -0.39 is 23.6 Å². The fraction of sp³-hybridized carbons (Fsp3) is 0.278. The van der Waals surface area contributed by atoms with Crippen LogP contribution in [0.15, 0.2) is 36.7 Å². The van der Waals surface area contributed by atoms with Gasteiger partial charge in [-0.1, -0.05) is 6.07 Å². The number of pyridine rings is 1. The average Bonchev–Trinajstić information content (AvgIpc) is 3.05. The molecule has 0 spiro atoms. The Labute approximate surface area is 148 Å². The smallest absolute Gasteiger partial charge is 0.252 e. The average molecular weight is 360 g/mol. The third-order valence-electron chi connectivity index (χ3n) is 3.97. The monoisotopic (exact) mass is 360 g/mol. The zero-order valence-electron chi connectivity index (χ0n) is 14.3. The maximum absolute atomic E-state index is 13.2. The molecule has 1 atom stereocenters. The van der Waals surface area contributed by atoms with Gasteiger partial charge in [0.1, 0.15) is 0 Å². The molecule has 3 rings (SSSR count). The molecule has 8 heteroatoms. The van der Waals surface area contributed by atoms with Crippen molar-refractivity contribution in [1.82, 2.24) is 20.1 Å². The van der Waals surface area contributed by atoms with Crippen molar-refractivity contribution < 1.29 is 18.7 Å². The van der Waals surface area contributed by atoms with Crippen molar-refractivity contribution in [3.05, 3.63) is 59.4 Å². The molecule has 2 N–H and O–H groups in total. The molecule has 0 aliphatic rings. The third kappa shape index (κ3) is 3.55. The van der Waals surface area contributed by atoms with E-state index in [9.17, 15) is 18.7 Å². The lowest BCUT2D eigenvalue weighted by Crippen LogP contribution is -2.28. The lowest BCUT2D eigenvalue weighted by molar-refractivity contribution is 0.0916. The van der Waals surface area contributed by atoms with Crippen LogP contribution in [-0.2, 0) is 0 Å². The summed E-state index contributed by atoms with van der Waals surface area (Å²) in [5.41, 5.74) is 1.17. The van der Waals surface area contributed by atoms with Crippen molar-refractivity contribution in [3.8, 4) is 0 Å². The number of carbonyl (C=O) groups excluding carboxylic acids is 1. The van der Waals surface area contributed by atoms with Gasteiger partial charge in [-0.25, -0.2) is 18.4 Å². The van der Waals surface area contributed by atoms with Crippen LogP contribution in [0.5, 0.6) is 0 Å². The Bertz CT molecular complexity index is 956. The second-order valence-corrected chi connectivity index (χ2v) is 6.22. The normalized spacial score (nSPS) is 12.5. The quantitative estimate of drug-likeness (QED) is 0.733. The molecule has 2 heterocycles. The molecule has 26 heavy (non-hydrogen) atoms. The highest BCUT2D eigenvalue weighted by Gasteiger charge is 2.15. The highest BCUT2D eigenvalue weighted by molar-refractivity contribution is 5.96. The van der Waals surface area contributed by atoms with E-state index >= 15 is 0 Å². The van der Waals surface area contributed by atoms with E-state index in [4.69, 9.17) is 0 Å². The molecule has 0 radical (unpaired) electrons. The topological polar surface area (TPSA) is 80.0 Å². The molecule has 0 bridgehead atoms. The Balaban J connectivity index is 1.69. The second kappa shape index (κ2) is 7.17. The van der Waals surface area contributed by atoms with Gasteiger partial charge in [-0.05, 0) is 37.6 Å². The first kappa shape index (κ1) is 17.9. The maximum atomic E-state index is 13.2. The summed E-state index contributed by atoms with van der Waals surface area (Å²) in [5.74, 6) is -2.48. The predicted molar refractivity (Wildman–Crippen MR) is 91.6 cm³/mol. The van der Waals surface area contributed by atoms with Crippen LogP contribution in [-0.4, -0.2) is 32.3 Å². The number of rotatable bonds is 5. The minimum atomic E-state index is -1.16. The number of benzene rings is 1. The molecule has 1 aromatic carbocycles. The van der Waals surface area contributed by atoms with Crippen molar-refractivity contribution in [3.63, 3.8) is 0 Å². The Morgan fingerprint density at radius 2 is 2.00 bits per heavy atom. The van der Waals surface area contributed by atoms with Crippen LogP contribution in [0, 0.1) is 11.6 Å². The predicted octanol–water partition coefficient (Wildman–Crippen LogP) is 2.75. The SMILES string of the molecule is CC(C)n1ncc2cc(C(=O)NCC(O)c3ccc(F)c(F)c3)cnc21. The summed E-state index contributed by atoms with van der Waals surface area (Å²) in [4.78, 5) is 16.5. The van der Waals surface area contributed by atoms with Gasteiger partial charge < -0.3 is 10.4 Å². The molecule has 6 nitrogen and oxygen atoms in total. The van der Waals surface area contributed by atoms with E-state index in [1.807, 2.05) is 13.8 Å². The fourth-order valence-corrected chi connectivity index (χ4v) is 2.57. The van der Waals surface area contributed by atoms with E-state index in [2.05, 4.69) is 15.4 Å². The van der Waals surface area contributed by atoms with Crippen LogP contribution in [0.25, 0.3) is 11.0 Å². The molecule has 1 unspecified atom stereocenters. The molecular weight excluding hydrogens is 342 g/mol. The number of aromatic nitrogens is 3. The molecule has 3 aromatic rings. The minimum Gasteiger partial charge on any atom is -0.387 e. The minimum absolute atomic E-state index is 0.144. The number of aliphatic hydroxyl groups excluding tert-OH is 1. The van der Waals surface area contributed by atoms with Crippen molar-refractivity contribution in [2.24, 2.45) is 0 Å². The van der Waals surface area contributed by atoms with Crippen molar-refractivity contribution in [2.45, 2.75) is 26.0 Å². The van der Waals surface area contributed by atoms with Crippen LogP contribution < -0.4 is 5.32 Å². The van der Waals surface area contributed by atoms with Gasteiger partial charge in [-0.3, -0.25) is 4.79 Å². The summed E-state index contributed by atoms with van der Waals surface area (Å²) in [5, 5.41) is 17.6. The first-order chi connectivity index (χ1) is 12.4. The molecule has 1 amide bonds. The number of nitrogens with one attached hydrogen (secondary N) is 1. The Kier molecular flexibility index (Phi) is 4.94. The molecule has 2 aromatic heterocycles. The number of halogens is 2. The van der Waals surface area contributed by atoms with Crippen LogP contribution in [0.3, 0.4) is 0 Å². The summed E-state index contributed by atoms with van der Waals surface area (Å²) < 4.78 is 27.9. The standard InChI is InChI=1S/C18H18F2N4O2/c1-10(2)24-17-12(8-23-24)5-13(7-21-17)18(26)22-9-16(25)11-3-4-14(19)15(20)6-11/h3-8,10,16,25H,9H2,1-2H3,(H,22,26). The van der Waals surface area contributed by atoms with Crippen LogP contribution in [0.2, 0.25) is 0 Å². The summed E-state index contributed by atoms with van der Waals surface area (Å²) >= 11 is 0. The number of hydrogen-bond donors (Lipinski definition) is 2. The van der Waals surface area contributed by atoms with Gasteiger partial charge in [0.05, 0.1) is 17.9 Å². The van der Waals surface area contributed by atoms with Gasteiger partial charge in [0.25, 0.3) is 5.91 Å². The molecular formula is C18H18F2N4O2. The van der Waals surface area contributed by atoms with E-state index in [0.717, 1.165) is 17.5 Å². The highest BCUT2D eigenvalue weighted by Crippen LogP contribution is 2.18. The summed E-state index contributed by atoms with van der Waals surface area (Å²) in [7, 11) is 0. The fourth-order valence-electron chi connectivity index (χ4n) is 2.57. The molecule has 0 fully saturated rings. The van der Waals surface area contributed by atoms with E-state index in [1.54, 1.807) is 16.9 Å². The molecule has 0 saturated carbocycles. The molecule has 0 aliphatic carbocycles. The zero-order valence-corrected chi connectivity index (χ0v) is 14.3. The Morgan fingerprint density at radius 1 is 1.23 bits per heavy atom. The van der Waals surface area contributed by atoms with Crippen molar-refractivity contribution >= 4 is 16.9 Å². The van der Waals surface area contributed by atoms with Crippen LogP contribution >= 0.6 is 0 Å². The van der Waals surface area contributed by atoms with E-state index in [1.165, 1.54) is 12.3 Å². The lowest BCUT2D eigenvalue weighted by atomic mass is 10.1. The van der Waals surface area contributed by atoms with Gasteiger partial charge in [0.2, 0.25) is 0 Å². The van der Waals surface area contributed by atoms with Gasteiger partial charge in [0, 0.05) is 24.2 Å². The number of nitrogens with zero attached hydrogens (tertiary/aromatic N) is 3. The number of aliphatic hydroxyl groups is 1. The largest absolute Gasteiger partial charge is 0.387 e. The summed E-state index contributed by atoms with van der Waals surface area (Å²) in [6, 6.07) is 4.90. The number of hydrogen-bond acceptors (Lipinski definition) is 4. The summed E-state index contributed by atoms with van der Waals surface area (Å²) in [6.07, 6.45) is 1.91. The van der Waals surface area contributed by atoms with Crippen molar-refractivity contribution in [1.29, 1.82) is 0 Å². The number of carbonyl (C=O) groups is 1. The Hall–Kier alpha value is -2.87. The molecule has 0 aliphatic heterocycles. The third-order valence-corrected chi connectivity index (χ3v) is 3.97. The first-order valence-corrected chi connectivity index (χ1v) is 8.11. The highest BCUT2D eigenvalue weighted by atomic mass is 19.2. The molecule has 0 saturated heterocycles. The first-order valence-electron chi connectivity index (χ1n) is 8.11. The van der Waals surface area contributed by atoms with Gasteiger partial charge in [-0.2, -0.15) is 5.10 Å². The maximum Gasteiger partial charge on any atom is 0.252 e. The number of amides is 1. The van der Waals surface area contributed by atoms with E-state index in [0.29, 0.717) is 11.2 Å². The second-order valence-electron chi connectivity index (χ2n) is 6.22. The van der Waals surface area contributed by atoms with E-state index in [-0.39, 0.29) is 18.2 Å². The van der Waals surface area contributed by atoms with Crippen molar-refractivity contribution in [2.75, 3.05) is 6.54 Å². The molecule has 136 valence electrons. The van der Waals surface area contributed by atoms with Gasteiger partial charge >= 0.3 is 0 Å². The van der Waals surface area contributed by atoms with Crippen LogP contribution in [0.4, 0.5) is 8.78 Å². The number of fused-ring (bicyclic) bond motifs is 1. The zero-order chi connectivity index (χ0) is 18.8.